The monoisotopic (exact) mass is 257 g/mol. The third kappa shape index (κ3) is 4.91. The number of carboxylic acids is 1. The van der Waals surface area contributed by atoms with E-state index in [0.29, 0.717) is 19.5 Å². The summed E-state index contributed by atoms with van der Waals surface area (Å²) in [5.41, 5.74) is 5.31. The van der Waals surface area contributed by atoms with E-state index in [0.717, 1.165) is 12.8 Å². The van der Waals surface area contributed by atoms with Crippen LogP contribution in [0, 0.1) is 0 Å². The number of rotatable bonds is 4. The molecule has 1 heterocycles. The molecular formula is C12H23N3O3. The van der Waals surface area contributed by atoms with Gasteiger partial charge in [0.25, 0.3) is 0 Å². The average molecular weight is 257 g/mol. The Bertz CT molecular complexity index is 318. The zero-order chi connectivity index (χ0) is 13.8. The number of amides is 2. The van der Waals surface area contributed by atoms with E-state index in [1.54, 1.807) is 4.90 Å². The lowest BCUT2D eigenvalue weighted by atomic mass is 9.98. The summed E-state index contributed by atoms with van der Waals surface area (Å²) < 4.78 is 0. The second kappa shape index (κ2) is 6.04. The van der Waals surface area contributed by atoms with E-state index in [1.165, 1.54) is 0 Å². The van der Waals surface area contributed by atoms with Crippen LogP contribution in [0.3, 0.4) is 0 Å². The molecule has 1 saturated heterocycles. The van der Waals surface area contributed by atoms with Crippen molar-refractivity contribution in [1.29, 1.82) is 0 Å². The maximum atomic E-state index is 12.0. The molecule has 6 nitrogen and oxygen atoms in total. The number of urea groups is 1. The highest BCUT2D eigenvalue weighted by Crippen LogP contribution is 2.14. The van der Waals surface area contributed by atoms with Crippen LogP contribution in [-0.2, 0) is 4.79 Å². The molecule has 0 aromatic rings. The van der Waals surface area contributed by atoms with Gasteiger partial charge in [-0.3, -0.25) is 4.79 Å². The van der Waals surface area contributed by atoms with Gasteiger partial charge in [-0.2, -0.15) is 0 Å². The van der Waals surface area contributed by atoms with Crippen LogP contribution < -0.4 is 11.1 Å². The van der Waals surface area contributed by atoms with Crippen molar-refractivity contribution in [2.45, 2.75) is 51.1 Å². The molecule has 0 aromatic carbocycles. The highest BCUT2D eigenvalue weighted by atomic mass is 16.4. The van der Waals surface area contributed by atoms with Crippen LogP contribution in [-0.4, -0.2) is 46.7 Å². The highest BCUT2D eigenvalue weighted by Gasteiger charge is 2.26. The van der Waals surface area contributed by atoms with E-state index in [9.17, 15) is 9.59 Å². The molecule has 18 heavy (non-hydrogen) atoms. The standard InChI is InChI=1S/C12H23N3O3/c1-12(2,6-5-10(16)17)14-11(18)15-7-3-4-9(13)8-15/h9H,3-8,13H2,1-2H3,(H,14,18)(H,16,17). The van der Waals surface area contributed by atoms with E-state index in [-0.39, 0.29) is 18.5 Å². The zero-order valence-electron chi connectivity index (χ0n) is 11.1. The van der Waals surface area contributed by atoms with Crippen molar-refractivity contribution in [3.05, 3.63) is 0 Å². The number of hydrogen-bond acceptors (Lipinski definition) is 3. The minimum absolute atomic E-state index is 0.0478. The van der Waals surface area contributed by atoms with E-state index in [1.807, 2.05) is 13.8 Å². The van der Waals surface area contributed by atoms with Gasteiger partial charge in [0, 0.05) is 31.1 Å². The Kier molecular flexibility index (Phi) is 4.95. The van der Waals surface area contributed by atoms with Crippen molar-refractivity contribution < 1.29 is 14.7 Å². The Labute approximate surface area is 108 Å². The SMILES string of the molecule is CC(C)(CCC(=O)O)NC(=O)N1CCCC(N)C1. The van der Waals surface area contributed by atoms with Crippen LogP contribution in [0.2, 0.25) is 0 Å². The summed E-state index contributed by atoms with van der Waals surface area (Å²) in [6.45, 7) is 4.95. The van der Waals surface area contributed by atoms with Gasteiger partial charge in [-0.1, -0.05) is 0 Å². The summed E-state index contributed by atoms with van der Waals surface area (Å²) in [5, 5.41) is 11.5. The molecule has 4 N–H and O–H groups in total. The van der Waals surface area contributed by atoms with Crippen LogP contribution in [0.1, 0.15) is 39.5 Å². The van der Waals surface area contributed by atoms with E-state index in [4.69, 9.17) is 10.8 Å². The minimum Gasteiger partial charge on any atom is -0.481 e. The number of likely N-dealkylation sites (tertiary alicyclic amines) is 1. The Morgan fingerprint density at radius 3 is 2.72 bits per heavy atom. The number of carbonyl (C=O) groups is 2. The molecule has 0 aliphatic carbocycles. The second-order valence-electron chi connectivity index (χ2n) is 5.56. The van der Waals surface area contributed by atoms with Gasteiger partial charge in [-0.15, -0.1) is 0 Å². The summed E-state index contributed by atoms with van der Waals surface area (Å²) >= 11 is 0. The van der Waals surface area contributed by atoms with Gasteiger partial charge in [0.05, 0.1) is 0 Å². The Hall–Kier alpha value is -1.30. The first kappa shape index (κ1) is 14.8. The molecule has 1 fully saturated rings. The van der Waals surface area contributed by atoms with E-state index >= 15 is 0 Å². The quantitative estimate of drug-likeness (QED) is 0.693. The van der Waals surface area contributed by atoms with Crippen LogP contribution >= 0.6 is 0 Å². The van der Waals surface area contributed by atoms with Crippen molar-refractivity contribution in [1.82, 2.24) is 10.2 Å². The first-order chi connectivity index (χ1) is 8.30. The number of aliphatic carboxylic acids is 1. The molecule has 104 valence electrons. The van der Waals surface area contributed by atoms with Crippen molar-refractivity contribution in [2.24, 2.45) is 5.73 Å². The zero-order valence-corrected chi connectivity index (χ0v) is 11.1. The predicted octanol–water partition coefficient (Wildman–Crippen LogP) is 0.763. The highest BCUT2D eigenvalue weighted by molar-refractivity contribution is 5.75. The molecule has 0 spiro atoms. The fourth-order valence-corrected chi connectivity index (χ4v) is 2.04. The van der Waals surface area contributed by atoms with Gasteiger partial charge < -0.3 is 21.1 Å². The van der Waals surface area contributed by atoms with Gasteiger partial charge in [0.2, 0.25) is 0 Å². The molecule has 1 aliphatic rings. The molecule has 1 atom stereocenters. The fraction of sp³-hybridized carbons (Fsp3) is 0.833. The summed E-state index contributed by atoms with van der Waals surface area (Å²) in [7, 11) is 0. The lowest BCUT2D eigenvalue weighted by Gasteiger charge is -2.34. The second-order valence-corrected chi connectivity index (χ2v) is 5.56. The summed E-state index contributed by atoms with van der Waals surface area (Å²) in [6, 6.07) is -0.104. The number of hydrogen-bond donors (Lipinski definition) is 3. The molecule has 0 bridgehead atoms. The summed E-state index contributed by atoms with van der Waals surface area (Å²) in [4.78, 5) is 24.3. The van der Waals surface area contributed by atoms with Crippen molar-refractivity contribution in [2.75, 3.05) is 13.1 Å². The van der Waals surface area contributed by atoms with Crippen molar-refractivity contribution in [3.63, 3.8) is 0 Å². The first-order valence-corrected chi connectivity index (χ1v) is 6.34. The average Bonchev–Trinajstić information content (AvgIpc) is 2.26. The molecule has 1 unspecified atom stereocenters. The molecule has 1 rings (SSSR count). The van der Waals surface area contributed by atoms with Gasteiger partial charge in [-0.25, -0.2) is 4.79 Å². The minimum atomic E-state index is -0.850. The van der Waals surface area contributed by atoms with Crippen LogP contribution in [0.4, 0.5) is 4.79 Å². The number of nitrogens with one attached hydrogen (secondary N) is 1. The summed E-state index contributed by atoms with van der Waals surface area (Å²) in [6.07, 6.45) is 2.33. The van der Waals surface area contributed by atoms with E-state index < -0.39 is 11.5 Å². The maximum Gasteiger partial charge on any atom is 0.317 e. The number of carbonyl (C=O) groups excluding carboxylic acids is 1. The smallest absolute Gasteiger partial charge is 0.317 e. The topological polar surface area (TPSA) is 95.7 Å². The molecule has 2 amide bonds. The van der Waals surface area contributed by atoms with Crippen molar-refractivity contribution in [3.8, 4) is 0 Å². The third-order valence-electron chi connectivity index (χ3n) is 3.15. The van der Waals surface area contributed by atoms with Gasteiger partial charge in [0.15, 0.2) is 0 Å². The molecule has 0 radical (unpaired) electrons. The number of nitrogens with zero attached hydrogens (tertiary/aromatic N) is 1. The van der Waals surface area contributed by atoms with Crippen LogP contribution in [0.25, 0.3) is 0 Å². The molecular weight excluding hydrogens is 234 g/mol. The largest absolute Gasteiger partial charge is 0.481 e. The van der Waals surface area contributed by atoms with Crippen molar-refractivity contribution >= 4 is 12.0 Å². The van der Waals surface area contributed by atoms with Gasteiger partial charge in [-0.05, 0) is 33.1 Å². The maximum absolute atomic E-state index is 12.0. The van der Waals surface area contributed by atoms with Gasteiger partial charge >= 0.3 is 12.0 Å². The van der Waals surface area contributed by atoms with Gasteiger partial charge in [0.1, 0.15) is 0 Å². The normalized spacial score (nSPS) is 20.6. The predicted molar refractivity (Wildman–Crippen MR) is 68.3 cm³/mol. The first-order valence-electron chi connectivity index (χ1n) is 6.34. The Balaban J connectivity index is 2.44. The Morgan fingerprint density at radius 1 is 1.50 bits per heavy atom. The number of piperidine rings is 1. The lowest BCUT2D eigenvalue weighted by molar-refractivity contribution is -0.137. The number of nitrogens with two attached hydrogens (primary N) is 1. The fourth-order valence-electron chi connectivity index (χ4n) is 2.04. The summed E-state index contributed by atoms with van der Waals surface area (Å²) in [5.74, 6) is -0.850. The number of carboxylic acid groups (broad SMARTS) is 1. The lowest BCUT2D eigenvalue weighted by Crippen LogP contribution is -2.54. The third-order valence-corrected chi connectivity index (χ3v) is 3.15. The van der Waals surface area contributed by atoms with Crippen LogP contribution in [0.15, 0.2) is 0 Å². The van der Waals surface area contributed by atoms with E-state index in [2.05, 4.69) is 5.32 Å². The molecule has 0 aromatic heterocycles. The van der Waals surface area contributed by atoms with Crippen LogP contribution in [0.5, 0.6) is 0 Å². The molecule has 6 heteroatoms. The molecule has 1 aliphatic heterocycles. The Morgan fingerprint density at radius 2 is 2.17 bits per heavy atom. The molecule has 0 saturated carbocycles.